The lowest BCUT2D eigenvalue weighted by atomic mass is 9.83. The van der Waals surface area contributed by atoms with Crippen molar-refractivity contribution in [2.75, 3.05) is 6.61 Å². The van der Waals surface area contributed by atoms with Crippen molar-refractivity contribution in [2.24, 2.45) is 5.73 Å². The monoisotopic (exact) mass is 614 g/mol. The topological polar surface area (TPSA) is 104 Å². The molecule has 4 aromatic carbocycles. The molecule has 9 heteroatoms. The van der Waals surface area contributed by atoms with Crippen molar-refractivity contribution < 1.29 is 23.7 Å². The Kier molecular flexibility index (Phi) is 9.10. The zero-order valence-electron chi connectivity index (χ0n) is 23.5. The number of hydrogen-bond donors (Lipinski definition) is 1. The highest BCUT2D eigenvalue weighted by atomic mass is 35.5. The number of hydrogen-bond acceptors (Lipinski definition) is 7. The van der Waals surface area contributed by atoms with Crippen LogP contribution >= 0.6 is 23.2 Å². The molecule has 0 aliphatic carbocycles. The van der Waals surface area contributed by atoms with Gasteiger partial charge < -0.3 is 24.7 Å². The molecule has 4 aromatic rings. The predicted molar refractivity (Wildman–Crippen MR) is 165 cm³/mol. The first-order valence-electron chi connectivity index (χ1n) is 13.6. The summed E-state index contributed by atoms with van der Waals surface area (Å²) in [6.07, 6.45) is 0.779. The van der Waals surface area contributed by atoms with Crippen LogP contribution in [0.1, 0.15) is 51.9 Å². The number of rotatable bonds is 9. The molecule has 0 saturated carbocycles. The fourth-order valence-corrected chi connectivity index (χ4v) is 5.23. The number of nitrogens with two attached hydrogens (primary N) is 1. The summed E-state index contributed by atoms with van der Waals surface area (Å²) in [5.74, 6) is 0.416. The van der Waals surface area contributed by atoms with E-state index in [-0.39, 0.29) is 32.8 Å². The fraction of sp³-hybridized carbons (Fsp3) is 0.176. The molecule has 0 fully saturated rings. The van der Waals surface area contributed by atoms with Gasteiger partial charge in [0.25, 0.3) is 0 Å². The van der Waals surface area contributed by atoms with Crippen molar-refractivity contribution in [1.29, 1.82) is 5.26 Å². The highest BCUT2D eigenvalue weighted by Gasteiger charge is 2.31. The number of benzene rings is 4. The van der Waals surface area contributed by atoms with Crippen LogP contribution in [-0.2, 0) is 6.61 Å². The summed E-state index contributed by atoms with van der Waals surface area (Å²) in [6.45, 7) is 4.88. The minimum absolute atomic E-state index is 0.0237. The minimum Gasteiger partial charge on any atom is -0.490 e. The molecule has 2 N–H and O–H groups in total. The predicted octanol–water partition coefficient (Wildman–Crippen LogP) is 8.11. The van der Waals surface area contributed by atoms with Gasteiger partial charge in [0, 0.05) is 11.6 Å². The van der Waals surface area contributed by atoms with E-state index in [2.05, 4.69) is 6.07 Å². The highest BCUT2D eigenvalue weighted by molar-refractivity contribution is 6.37. The van der Waals surface area contributed by atoms with Crippen molar-refractivity contribution in [2.45, 2.75) is 32.8 Å². The van der Waals surface area contributed by atoms with Gasteiger partial charge in [0.05, 0.1) is 28.1 Å². The Labute approximate surface area is 260 Å². The third-order valence-corrected chi connectivity index (χ3v) is 7.39. The molecular weight excluding hydrogens is 587 g/mol. The lowest BCUT2D eigenvalue weighted by Gasteiger charge is -2.27. The summed E-state index contributed by atoms with van der Waals surface area (Å²) < 4.78 is 22.9. The van der Waals surface area contributed by atoms with E-state index < -0.39 is 11.9 Å². The van der Waals surface area contributed by atoms with Gasteiger partial charge in [-0.3, -0.25) is 0 Å². The molecular formula is C34H28Cl2N2O5. The average molecular weight is 616 g/mol. The maximum atomic E-state index is 12.9. The second-order valence-electron chi connectivity index (χ2n) is 9.97. The van der Waals surface area contributed by atoms with Crippen molar-refractivity contribution in [3.63, 3.8) is 0 Å². The van der Waals surface area contributed by atoms with Crippen LogP contribution in [0.4, 0.5) is 0 Å². The maximum absolute atomic E-state index is 12.9. The van der Waals surface area contributed by atoms with Gasteiger partial charge in [-0.05, 0) is 54.8 Å². The van der Waals surface area contributed by atoms with Crippen molar-refractivity contribution >= 4 is 29.2 Å². The van der Waals surface area contributed by atoms with Crippen LogP contribution in [0.3, 0.4) is 0 Å². The van der Waals surface area contributed by atoms with E-state index in [1.165, 1.54) is 17.7 Å². The number of carbonyl (C=O) groups is 1. The molecule has 218 valence electrons. The Balaban J connectivity index is 1.35. The van der Waals surface area contributed by atoms with Crippen LogP contribution < -0.4 is 24.7 Å². The molecule has 0 spiro atoms. The Hall–Kier alpha value is -4.64. The van der Waals surface area contributed by atoms with Gasteiger partial charge in [-0.15, -0.1) is 0 Å². The van der Waals surface area contributed by atoms with Crippen LogP contribution in [-0.4, -0.2) is 12.6 Å². The number of esters is 1. The second kappa shape index (κ2) is 13.1. The molecule has 0 aromatic heterocycles. The Morgan fingerprint density at radius 2 is 1.63 bits per heavy atom. The maximum Gasteiger partial charge on any atom is 0.343 e. The summed E-state index contributed by atoms with van der Waals surface area (Å²) in [5.41, 5.74) is 10.4. The summed E-state index contributed by atoms with van der Waals surface area (Å²) in [5, 5.41) is 10.3. The number of nitrogens with zero attached hydrogens (tertiary/aromatic N) is 1. The fourth-order valence-electron chi connectivity index (χ4n) is 4.64. The molecule has 1 aliphatic rings. The number of aryl methyl sites for hydroxylation is 1. The molecule has 0 saturated heterocycles. The van der Waals surface area contributed by atoms with Crippen LogP contribution in [0, 0.1) is 18.3 Å². The SMILES string of the molecule is CCCOc1c(Cl)cc(C(=O)Oc2ccc3c(c2)OC(N)=C(C#N)C3c2ccc(OCc3ccc(C)cc3)cc2)cc1Cl. The molecule has 0 amide bonds. The number of halogens is 2. The van der Waals surface area contributed by atoms with Crippen molar-refractivity contribution in [3.8, 4) is 29.1 Å². The van der Waals surface area contributed by atoms with E-state index >= 15 is 0 Å². The quantitative estimate of drug-likeness (QED) is 0.150. The number of fused-ring (bicyclic) bond motifs is 1. The largest absolute Gasteiger partial charge is 0.490 e. The van der Waals surface area contributed by atoms with E-state index in [4.69, 9.17) is 47.9 Å². The lowest BCUT2D eigenvalue weighted by Crippen LogP contribution is -2.21. The first-order valence-corrected chi connectivity index (χ1v) is 14.4. The van der Waals surface area contributed by atoms with Crippen LogP contribution in [0.2, 0.25) is 10.0 Å². The van der Waals surface area contributed by atoms with E-state index in [1.54, 1.807) is 18.2 Å². The van der Waals surface area contributed by atoms with E-state index in [1.807, 2.05) is 62.4 Å². The summed E-state index contributed by atoms with van der Waals surface area (Å²) in [7, 11) is 0. The van der Waals surface area contributed by atoms with Gasteiger partial charge in [0.2, 0.25) is 5.88 Å². The lowest BCUT2D eigenvalue weighted by molar-refractivity contribution is 0.0734. The summed E-state index contributed by atoms with van der Waals surface area (Å²) >= 11 is 12.6. The number of allylic oxidation sites excluding steroid dienone is 1. The number of ether oxygens (including phenoxy) is 4. The number of carbonyl (C=O) groups excluding carboxylic acids is 1. The van der Waals surface area contributed by atoms with E-state index in [9.17, 15) is 10.1 Å². The Bertz CT molecular complexity index is 1700. The van der Waals surface area contributed by atoms with Crippen LogP contribution in [0.15, 0.2) is 90.3 Å². The average Bonchev–Trinajstić information content (AvgIpc) is 3.00. The van der Waals surface area contributed by atoms with Crippen LogP contribution in [0.25, 0.3) is 0 Å². The Morgan fingerprint density at radius 1 is 0.953 bits per heavy atom. The molecule has 0 radical (unpaired) electrons. The van der Waals surface area contributed by atoms with E-state index in [0.29, 0.717) is 36.0 Å². The normalized spacial score (nSPS) is 13.9. The van der Waals surface area contributed by atoms with Gasteiger partial charge >= 0.3 is 5.97 Å². The third kappa shape index (κ3) is 6.72. The number of nitriles is 1. The highest BCUT2D eigenvalue weighted by Crippen LogP contribution is 2.44. The summed E-state index contributed by atoms with van der Waals surface area (Å²) in [4.78, 5) is 12.9. The molecule has 7 nitrogen and oxygen atoms in total. The van der Waals surface area contributed by atoms with Gasteiger partial charge in [0.15, 0.2) is 5.75 Å². The van der Waals surface area contributed by atoms with E-state index in [0.717, 1.165) is 17.5 Å². The molecule has 1 unspecified atom stereocenters. The molecule has 5 rings (SSSR count). The van der Waals surface area contributed by atoms with Gasteiger partial charge in [0.1, 0.15) is 35.5 Å². The smallest absolute Gasteiger partial charge is 0.343 e. The molecule has 0 bridgehead atoms. The zero-order valence-corrected chi connectivity index (χ0v) is 25.0. The summed E-state index contributed by atoms with van der Waals surface area (Å²) in [6, 6.07) is 25.7. The minimum atomic E-state index is -0.666. The first kappa shape index (κ1) is 29.8. The third-order valence-electron chi connectivity index (χ3n) is 6.83. The molecule has 1 heterocycles. The molecule has 1 aliphatic heterocycles. The first-order chi connectivity index (χ1) is 20.8. The van der Waals surface area contributed by atoms with Gasteiger partial charge in [-0.2, -0.15) is 5.26 Å². The standard InChI is InChI=1S/C34H28Cl2N2O5/c1-3-14-40-32-28(35)15-23(16-29(32)36)34(39)42-25-12-13-26-30(17-25)43-33(38)27(18-37)31(26)22-8-10-24(11-9-22)41-19-21-6-4-20(2)5-7-21/h4-13,15-17,31H,3,14,19,38H2,1-2H3. The van der Waals surface area contributed by atoms with Gasteiger partial charge in [-0.25, -0.2) is 4.79 Å². The molecule has 1 atom stereocenters. The van der Waals surface area contributed by atoms with Crippen molar-refractivity contribution in [1.82, 2.24) is 0 Å². The Morgan fingerprint density at radius 3 is 2.28 bits per heavy atom. The molecule has 43 heavy (non-hydrogen) atoms. The van der Waals surface area contributed by atoms with Crippen LogP contribution in [0.5, 0.6) is 23.0 Å². The van der Waals surface area contributed by atoms with Crippen molar-refractivity contribution in [3.05, 3.63) is 128 Å². The van der Waals surface area contributed by atoms with Gasteiger partial charge in [-0.1, -0.05) is 78.2 Å². The second-order valence-corrected chi connectivity index (χ2v) is 10.8. The zero-order chi connectivity index (χ0) is 30.5.